The van der Waals surface area contributed by atoms with Gasteiger partial charge in [0.15, 0.2) is 0 Å². The minimum atomic E-state index is -3.26. The molecule has 0 atom stereocenters. The molecule has 120 valence electrons. The minimum Gasteiger partial charge on any atom is -0.351 e. The standard InChI is InChI=1S/C15H20N2O3S2/c18-15(7-6-14-4-2-1-3-5-14)16-8-13-22(19,20)17-9-11-21-12-10-17/h1-7H,8-13H2,(H,16,18). The van der Waals surface area contributed by atoms with E-state index in [9.17, 15) is 13.2 Å². The Balaban J connectivity index is 1.75. The number of nitrogens with one attached hydrogen (secondary N) is 1. The first kappa shape index (κ1) is 17.1. The number of rotatable bonds is 6. The van der Waals surface area contributed by atoms with Gasteiger partial charge in [0.1, 0.15) is 0 Å². The summed E-state index contributed by atoms with van der Waals surface area (Å²) >= 11 is 1.76. The Bertz CT molecular complexity index is 609. The number of nitrogens with zero attached hydrogens (tertiary/aromatic N) is 1. The van der Waals surface area contributed by atoms with E-state index in [4.69, 9.17) is 0 Å². The molecule has 1 aliphatic heterocycles. The Morgan fingerprint density at radius 2 is 1.91 bits per heavy atom. The number of hydrogen-bond donors (Lipinski definition) is 1. The SMILES string of the molecule is O=C(C=Cc1ccccc1)NCCS(=O)(=O)N1CCSCC1. The van der Waals surface area contributed by atoms with Crippen molar-refractivity contribution in [1.29, 1.82) is 0 Å². The molecule has 7 heteroatoms. The first-order chi connectivity index (χ1) is 10.6. The van der Waals surface area contributed by atoms with E-state index in [1.54, 1.807) is 17.8 Å². The highest BCUT2D eigenvalue weighted by Gasteiger charge is 2.23. The van der Waals surface area contributed by atoms with Crippen LogP contribution >= 0.6 is 11.8 Å². The minimum absolute atomic E-state index is 0.0530. The molecule has 1 amide bonds. The van der Waals surface area contributed by atoms with E-state index >= 15 is 0 Å². The summed E-state index contributed by atoms with van der Waals surface area (Å²) in [4.78, 5) is 11.7. The summed E-state index contributed by atoms with van der Waals surface area (Å²) in [7, 11) is -3.26. The average molecular weight is 340 g/mol. The van der Waals surface area contributed by atoms with Crippen LogP contribution < -0.4 is 5.32 Å². The third-order valence-electron chi connectivity index (χ3n) is 3.25. The zero-order valence-corrected chi connectivity index (χ0v) is 13.9. The van der Waals surface area contributed by atoms with Crippen molar-refractivity contribution in [1.82, 2.24) is 9.62 Å². The molecule has 0 bridgehead atoms. The summed E-state index contributed by atoms with van der Waals surface area (Å²) in [6.07, 6.45) is 3.12. The molecule has 1 aromatic rings. The molecule has 1 N–H and O–H groups in total. The summed E-state index contributed by atoms with van der Waals surface area (Å²) in [5.41, 5.74) is 0.927. The second kappa shape index (κ2) is 8.36. The van der Waals surface area contributed by atoms with E-state index < -0.39 is 10.0 Å². The highest BCUT2D eigenvalue weighted by molar-refractivity contribution is 7.99. The van der Waals surface area contributed by atoms with Gasteiger partial charge in [0, 0.05) is 37.2 Å². The molecule has 0 radical (unpaired) electrons. The largest absolute Gasteiger partial charge is 0.351 e. The Hall–Kier alpha value is -1.31. The predicted molar refractivity (Wildman–Crippen MR) is 91.2 cm³/mol. The zero-order valence-electron chi connectivity index (χ0n) is 12.3. The fourth-order valence-electron chi connectivity index (χ4n) is 2.05. The molecule has 1 aromatic carbocycles. The number of hydrogen-bond acceptors (Lipinski definition) is 4. The summed E-state index contributed by atoms with van der Waals surface area (Å²) in [6.45, 7) is 1.26. The molecule has 0 aliphatic carbocycles. The molecule has 2 rings (SSSR count). The van der Waals surface area contributed by atoms with Crippen LogP contribution in [0, 0.1) is 0 Å². The van der Waals surface area contributed by atoms with Gasteiger partial charge in [0.25, 0.3) is 0 Å². The molecular formula is C15H20N2O3S2. The molecule has 22 heavy (non-hydrogen) atoms. The van der Waals surface area contributed by atoms with Crippen molar-refractivity contribution in [3.63, 3.8) is 0 Å². The fourth-order valence-corrected chi connectivity index (χ4v) is 4.54. The van der Waals surface area contributed by atoms with Crippen molar-refractivity contribution in [2.24, 2.45) is 0 Å². The van der Waals surface area contributed by atoms with Gasteiger partial charge in [0.2, 0.25) is 15.9 Å². The Morgan fingerprint density at radius 1 is 1.23 bits per heavy atom. The third-order valence-corrected chi connectivity index (χ3v) is 6.06. The molecule has 0 spiro atoms. The quantitative estimate of drug-likeness (QED) is 0.790. The topological polar surface area (TPSA) is 66.5 Å². The summed E-state index contributed by atoms with van der Waals surface area (Å²) in [6, 6.07) is 9.47. The molecule has 0 unspecified atom stereocenters. The zero-order chi connectivity index (χ0) is 15.8. The fraction of sp³-hybridized carbons (Fsp3) is 0.400. The summed E-state index contributed by atoms with van der Waals surface area (Å²) < 4.78 is 25.7. The van der Waals surface area contributed by atoms with Gasteiger partial charge in [0.05, 0.1) is 5.75 Å². The molecule has 0 aromatic heterocycles. The summed E-state index contributed by atoms with van der Waals surface area (Å²) in [5.74, 6) is 1.34. The number of sulfonamides is 1. The van der Waals surface area contributed by atoms with Crippen molar-refractivity contribution in [2.45, 2.75) is 0 Å². The van der Waals surface area contributed by atoms with Crippen LogP contribution in [0.3, 0.4) is 0 Å². The lowest BCUT2D eigenvalue weighted by Gasteiger charge is -2.25. The van der Waals surface area contributed by atoms with Gasteiger partial charge in [-0.1, -0.05) is 30.3 Å². The molecule has 1 fully saturated rings. The Labute approximate surface area is 135 Å². The third kappa shape index (κ3) is 5.47. The van der Waals surface area contributed by atoms with Crippen LogP contribution in [-0.2, 0) is 14.8 Å². The van der Waals surface area contributed by atoms with Gasteiger partial charge < -0.3 is 5.32 Å². The van der Waals surface area contributed by atoms with Crippen LogP contribution in [-0.4, -0.2) is 55.5 Å². The van der Waals surface area contributed by atoms with Crippen molar-refractivity contribution in [3.8, 4) is 0 Å². The van der Waals surface area contributed by atoms with Crippen molar-refractivity contribution < 1.29 is 13.2 Å². The molecule has 1 aliphatic rings. The van der Waals surface area contributed by atoms with E-state index in [0.717, 1.165) is 17.1 Å². The van der Waals surface area contributed by atoms with Crippen LogP contribution in [0.2, 0.25) is 0 Å². The summed E-state index contributed by atoms with van der Waals surface area (Å²) in [5, 5.41) is 2.61. The molecule has 1 saturated heterocycles. The van der Waals surface area contributed by atoms with Crippen LogP contribution in [0.15, 0.2) is 36.4 Å². The predicted octanol–water partition coefficient (Wildman–Crippen LogP) is 1.19. The Morgan fingerprint density at radius 3 is 2.59 bits per heavy atom. The van der Waals surface area contributed by atoms with Gasteiger partial charge in [-0.25, -0.2) is 12.7 Å². The maximum Gasteiger partial charge on any atom is 0.244 e. The first-order valence-electron chi connectivity index (χ1n) is 7.14. The number of benzene rings is 1. The highest BCUT2D eigenvalue weighted by atomic mass is 32.2. The lowest BCUT2D eigenvalue weighted by Crippen LogP contribution is -2.41. The van der Waals surface area contributed by atoms with Crippen molar-refractivity contribution in [3.05, 3.63) is 42.0 Å². The maximum atomic E-state index is 12.1. The maximum absolute atomic E-state index is 12.1. The van der Waals surface area contributed by atoms with Crippen molar-refractivity contribution in [2.75, 3.05) is 36.9 Å². The molecule has 1 heterocycles. The van der Waals surface area contributed by atoms with Gasteiger partial charge in [-0.3, -0.25) is 4.79 Å². The lowest BCUT2D eigenvalue weighted by atomic mass is 10.2. The lowest BCUT2D eigenvalue weighted by molar-refractivity contribution is -0.116. The molecular weight excluding hydrogens is 320 g/mol. The molecule has 0 saturated carbocycles. The van der Waals surface area contributed by atoms with Gasteiger partial charge in [-0.15, -0.1) is 0 Å². The number of amides is 1. The van der Waals surface area contributed by atoms with Gasteiger partial charge >= 0.3 is 0 Å². The van der Waals surface area contributed by atoms with Gasteiger partial charge in [-0.2, -0.15) is 11.8 Å². The Kier molecular flexibility index (Phi) is 6.48. The van der Waals surface area contributed by atoms with E-state index in [0.29, 0.717) is 13.1 Å². The number of carbonyl (C=O) groups is 1. The van der Waals surface area contributed by atoms with E-state index in [2.05, 4.69) is 5.32 Å². The van der Waals surface area contributed by atoms with Crippen molar-refractivity contribution >= 4 is 33.8 Å². The first-order valence-corrected chi connectivity index (χ1v) is 9.91. The van der Waals surface area contributed by atoms with E-state index in [1.807, 2.05) is 30.3 Å². The van der Waals surface area contributed by atoms with E-state index in [-0.39, 0.29) is 18.2 Å². The van der Waals surface area contributed by atoms with Crippen LogP contribution in [0.25, 0.3) is 6.08 Å². The second-order valence-corrected chi connectivity index (χ2v) is 8.18. The van der Waals surface area contributed by atoms with Gasteiger partial charge in [-0.05, 0) is 11.6 Å². The van der Waals surface area contributed by atoms with Crippen LogP contribution in [0.5, 0.6) is 0 Å². The van der Waals surface area contributed by atoms with Crippen LogP contribution in [0.1, 0.15) is 5.56 Å². The molecule has 5 nitrogen and oxygen atoms in total. The number of thioether (sulfide) groups is 1. The monoisotopic (exact) mass is 340 g/mol. The van der Waals surface area contributed by atoms with Crippen LogP contribution in [0.4, 0.5) is 0 Å². The smallest absolute Gasteiger partial charge is 0.244 e. The highest BCUT2D eigenvalue weighted by Crippen LogP contribution is 2.12. The normalized spacial score (nSPS) is 16.7. The number of carbonyl (C=O) groups excluding carboxylic acids is 1. The second-order valence-electron chi connectivity index (χ2n) is 4.86. The average Bonchev–Trinajstić information content (AvgIpc) is 2.54. The van der Waals surface area contributed by atoms with E-state index in [1.165, 1.54) is 10.4 Å².